The van der Waals surface area contributed by atoms with Gasteiger partial charge in [0.15, 0.2) is 5.78 Å². The molecule has 1 aliphatic carbocycles. The third-order valence-corrected chi connectivity index (χ3v) is 5.17. The van der Waals surface area contributed by atoms with Crippen LogP contribution in [0, 0.1) is 10.1 Å². The van der Waals surface area contributed by atoms with E-state index in [1.807, 2.05) is 0 Å². The summed E-state index contributed by atoms with van der Waals surface area (Å²) in [6, 6.07) is 13.1. The molecule has 172 valence electrons. The van der Waals surface area contributed by atoms with E-state index >= 15 is 0 Å². The van der Waals surface area contributed by atoms with Gasteiger partial charge in [0.2, 0.25) is 5.82 Å². The first-order valence-electron chi connectivity index (χ1n) is 10.3. The van der Waals surface area contributed by atoms with Crippen LogP contribution in [0.4, 0.5) is 5.82 Å². The normalized spacial score (nSPS) is 13.6. The zero-order valence-corrected chi connectivity index (χ0v) is 18.1. The molecule has 1 aromatic heterocycles. The SMILES string of the molecule is CC(=O)Oc1ccc2c(c1)C/C(=C\c1ncc([N+](=O)[O-])n1CCOC(=O)c1ccccc1)C2=O. The number of ether oxygens (including phenoxy) is 2. The molecule has 10 heteroatoms. The minimum atomic E-state index is -0.593. The second-order valence-electron chi connectivity index (χ2n) is 7.47. The van der Waals surface area contributed by atoms with Crippen molar-refractivity contribution in [2.45, 2.75) is 19.9 Å². The summed E-state index contributed by atoms with van der Waals surface area (Å²) in [4.78, 5) is 51.1. The van der Waals surface area contributed by atoms with Gasteiger partial charge in [-0.15, -0.1) is 0 Å². The molecule has 0 N–H and O–H groups in total. The number of nitro groups is 1. The fourth-order valence-electron chi connectivity index (χ4n) is 3.66. The van der Waals surface area contributed by atoms with Crippen molar-refractivity contribution in [1.82, 2.24) is 9.55 Å². The van der Waals surface area contributed by atoms with Crippen LogP contribution in [0.15, 0.2) is 60.3 Å². The smallest absolute Gasteiger partial charge is 0.343 e. The molecule has 0 atom stereocenters. The Bertz CT molecular complexity index is 1330. The molecule has 4 rings (SSSR count). The Morgan fingerprint density at radius 3 is 2.68 bits per heavy atom. The van der Waals surface area contributed by atoms with Gasteiger partial charge >= 0.3 is 17.8 Å². The van der Waals surface area contributed by atoms with Crippen molar-refractivity contribution in [1.29, 1.82) is 0 Å². The lowest BCUT2D eigenvalue weighted by Crippen LogP contribution is -2.14. The summed E-state index contributed by atoms with van der Waals surface area (Å²) >= 11 is 0. The van der Waals surface area contributed by atoms with Crippen LogP contribution in [0.3, 0.4) is 0 Å². The molecule has 0 aliphatic heterocycles. The Balaban J connectivity index is 1.54. The Kier molecular flexibility index (Phi) is 6.30. The van der Waals surface area contributed by atoms with E-state index in [1.165, 1.54) is 23.6 Å². The predicted octanol–water partition coefficient (Wildman–Crippen LogP) is 3.40. The highest BCUT2D eigenvalue weighted by atomic mass is 16.6. The van der Waals surface area contributed by atoms with E-state index in [1.54, 1.807) is 42.5 Å². The lowest BCUT2D eigenvalue weighted by Gasteiger charge is -2.06. The van der Waals surface area contributed by atoms with E-state index in [4.69, 9.17) is 9.47 Å². The highest BCUT2D eigenvalue weighted by Crippen LogP contribution is 2.31. The third-order valence-electron chi connectivity index (χ3n) is 5.17. The largest absolute Gasteiger partial charge is 0.458 e. The van der Waals surface area contributed by atoms with E-state index in [2.05, 4.69) is 4.98 Å². The zero-order valence-electron chi connectivity index (χ0n) is 18.1. The Labute approximate surface area is 193 Å². The first-order valence-corrected chi connectivity index (χ1v) is 10.3. The molecular formula is C24H19N3O7. The zero-order chi connectivity index (χ0) is 24.2. The molecule has 0 amide bonds. The number of allylic oxidation sites excluding steroid dienone is 1. The Hall–Kier alpha value is -4.60. The highest BCUT2D eigenvalue weighted by Gasteiger charge is 2.28. The molecule has 0 saturated carbocycles. The van der Waals surface area contributed by atoms with E-state index in [0.29, 0.717) is 28.0 Å². The molecule has 2 aromatic carbocycles. The van der Waals surface area contributed by atoms with Gasteiger partial charge in [0.1, 0.15) is 25.1 Å². The van der Waals surface area contributed by atoms with Gasteiger partial charge in [-0.25, -0.2) is 14.3 Å². The predicted molar refractivity (Wildman–Crippen MR) is 119 cm³/mol. The number of fused-ring (bicyclic) bond motifs is 1. The number of benzene rings is 2. The molecule has 0 unspecified atom stereocenters. The number of hydrogen-bond acceptors (Lipinski definition) is 8. The van der Waals surface area contributed by atoms with Crippen LogP contribution >= 0.6 is 0 Å². The number of carbonyl (C=O) groups is 3. The summed E-state index contributed by atoms with van der Waals surface area (Å²) in [7, 11) is 0. The fourth-order valence-corrected chi connectivity index (χ4v) is 3.66. The molecule has 1 heterocycles. The van der Waals surface area contributed by atoms with Crippen molar-refractivity contribution < 1.29 is 28.8 Å². The molecular weight excluding hydrogens is 442 g/mol. The maximum absolute atomic E-state index is 12.8. The fraction of sp³-hybridized carbons (Fsp3) is 0.167. The van der Waals surface area contributed by atoms with Crippen LogP contribution in [-0.2, 0) is 22.5 Å². The molecule has 1 aliphatic rings. The molecule has 10 nitrogen and oxygen atoms in total. The van der Waals surface area contributed by atoms with Crippen LogP contribution < -0.4 is 4.74 Å². The second kappa shape index (κ2) is 9.49. The number of aromatic nitrogens is 2. The van der Waals surface area contributed by atoms with Crippen LogP contribution in [0.2, 0.25) is 0 Å². The van der Waals surface area contributed by atoms with Gasteiger partial charge in [-0.1, -0.05) is 18.2 Å². The lowest BCUT2D eigenvalue weighted by atomic mass is 10.1. The van der Waals surface area contributed by atoms with Crippen LogP contribution in [0.25, 0.3) is 6.08 Å². The van der Waals surface area contributed by atoms with Crippen LogP contribution in [0.1, 0.15) is 39.0 Å². The Morgan fingerprint density at radius 1 is 1.21 bits per heavy atom. The monoisotopic (exact) mass is 461 g/mol. The molecule has 0 saturated heterocycles. The van der Waals surface area contributed by atoms with Gasteiger partial charge < -0.3 is 19.6 Å². The standard InChI is InChI=1S/C24H19N3O7/c1-15(28)34-19-7-8-20-17(12-19)11-18(23(20)29)13-21-25-14-22(27(31)32)26(21)9-10-33-24(30)16-5-3-2-4-6-16/h2-8,12-14H,9-11H2,1H3/b18-13+. The average Bonchev–Trinajstić information content (AvgIpc) is 3.34. The first kappa shape index (κ1) is 22.6. The summed E-state index contributed by atoms with van der Waals surface area (Å²) in [6.07, 6.45) is 2.84. The van der Waals surface area contributed by atoms with Crippen molar-refractivity contribution >= 4 is 29.6 Å². The molecule has 0 spiro atoms. The number of carbonyl (C=O) groups excluding carboxylic acids is 3. The summed E-state index contributed by atoms with van der Waals surface area (Å²) in [5.41, 5.74) is 1.90. The van der Waals surface area contributed by atoms with Gasteiger partial charge in [-0.3, -0.25) is 9.59 Å². The van der Waals surface area contributed by atoms with Crippen LogP contribution in [0.5, 0.6) is 5.75 Å². The molecule has 34 heavy (non-hydrogen) atoms. The highest BCUT2D eigenvalue weighted by molar-refractivity contribution is 6.15. The minimum absolute atomic E-state index is 0.0221. The molecule has 3 aromatic rings. The van der Waals surface area contributed by atoms with Gasteiger partial charge in [-0.05, 0) is 40.8 Å². The Morgan fingerprint density at radius 2 is 1.97 bits per heavy atom. The number of nitrogens with zero attached hydrogens (tertiary/aromatic N) is 3. The maximum atomic E-state index is 12.8. The number of hydrogen-bond donors (Lipinski definition) is 0. The van der Waals surface area contributed by atoms with E-state index < -0.39 is 16.9 Å². The van der Waals surface area contributed by atoms with E-state index in [-0.39, 0.29) is 37.0 Å². The van der Waals surface area contributed by atoms with Gasteiger partial charge in [-0.2, -0.15) is 0 Å². The summed E-state index contributed by atoms with van der Waals surface area (Å²) < 4.78 is 11.6. The lowest BCUT2D eigenvalue weighted by molar-refractivity contribution is -0.392. The van der Waals surface area contributed by atoms with Crippen LogP contribution in [-0.4, -0.2) is 38.8 Å². The van der Waals surface area contributed by atoms with Gasteiger partial charge in [0, 0.05) is 30.6 Å². The van der Waals surface area contributed by atoms with Crippen molar-refractivity contribution in [2.75, 3.05) is 6.61 Å². The minimum Gasteiger partial charge on any atom is -0.458 e. The topological polar surface area (TPSA) is 131 Å². The van der Waals surface area contributed by atoms with Crippen molar-refractivity contribution in [3.8, 4) is 5.75 Å². The number of Topliss-reactive ketones (excluding diaryl/α,β-unsaturated/α-hetero) is 1. The van der Waals surface area contributed by atoms with Crippen molar-refractivity contribution in [3.63, 3.8) is 0 Å². The van der Waals surface area contributed by atoms with E-state index in [9.17, 15) is 24.5 Å². The quantitative estimate of drug-likeness (QED) is 0.172. The first-order chi connectivity index (χ1) is 16.3. The maximum Gasteiger partial charge on any atom is 0.343 e. The number of ketones is 1. The summed E-state index contributed by atoms with van der Waals surface area (Å²) in [5.74, 6) is -1.02. The van der Waals surface area contributed by atoms with E-state index in [0.717, 1.165) is 6.20 Å². The molecule has 0 radical (unpaired) electrons. The third kappa shape index (κ3) is 4.75. The summed E-state index contributed by atoms with van der Waals surface area (Å²) in [5, 5.41) is 11.5. The van der Waals surface area contributed by atoms with Crippen molar-refractivity contribution in [2.24, 2.45) is 0 Å². The van der Waals surface area contributed by atoms with Crippen molar-refractivity contribution in [3.05, 3.63) is 92.9 Å². The number of esters is 2. The average molecular weight is 461 g/mol. The number of rotatable bonds is 7. The number of imidazole rings is 1. The summed E-state index contributed by atoms with van der Waals surface area (Å²) in [6.45, 7) is 1.14. The van der Waals surface area contributed by atoms with Gasteiger partial charge in [0.25, 0.3) is 0 Å². The van der Waals surface area contributed by atoms with Gasteiger partial charge in [0.05, 0.1) is 5.56 Å². The molecule has 0 bridgehead atoms. The molecule has 0 fully saturated rings. The second-order valence-corrected chi connectivity index (χ2v) is 7.47.